The molecule has 1 heterocycles. The summed E-state index contributed by atoms with van der Waals surface area (Å²) < 4.78 is 0. The Bertz CT molecular complexity index is 658. The van der Waals surface area contributed by atoms with Gasteiger partial charge in [0.2, 0.25) is 0 Å². The molecule has 3 rings (SSSR count). The van der Waals surface area contributed by atoms with E-state index in [1.54, 1.807) is 10.4 Å². The van der Waals surface area contributed by atoms with Gasteiger partial charge in [-0.3, -0.25) is 0 Å². The minimum absolute atomic E-state index is 0.0265. The fourth-order valence-electron chi connectivity index (χ4n) is 3.64. The van der Waals surface area contributed by atoms with E-state index < -0.39 is 0 Å². The van der Waals surface area contributed by atoms with Crippen LogP contribution in [0.4, 0.5) is 0 Å². The van der Waals surface area contributed by atoms with E-state index in [-0.39, 0.29) is 6.04 Å². The summed E-state index contributed by atoms with van der Waals surface area (Å²) in [6.45, 7) is 11.1. The van der Waals surface area contributed by atoms with Gasteiger partial charge in [0.15, 0.2) is 0 Å². The van der Waals surface area contributed by atoms with Crippen molar-refractivity contribution in [3.63, 3.8) is 0 Å². The van der Waals surface area contributed by atoms with Crippen molar-refractivity contribution < 1.29 is 0 Å². The molecule has 0 saturated heterocycles. The number of hydrogen-bond donors (Lipinski definition) is 1. The van der Waals surface area contributed by atoms with Crippen LogP contribution in [0.3, 0.4) is 0 Å². The van der Waals surface area contributed by atoms with Crippen LogP contribution in [-0.2, 0) is 12.8 Å². The van der Waals surface area contributed by atoms with Gasteiger partial charge in [-0.15, -0.1) is 11.3 Å². The van der Waals surface area contributed by atoms with Crippen molar-refractivity contribution in [1.82, 2.24) is 0 Å². The van der Waals surface area contributed by atoms with Gasteiger partial charge in [-0.05, 0) is 98.9 Å². The van der Waals surface area contributed by atoms with Crippen molar-refractivity contribution in [2.24, 2.45) is 5.73 Å². The van der Waals surface area contributed by atoms with E-state index in [1.807, 2.05) is 11.3 Å². The second-order valence-electron chi connectivity index (χ2n) is 6.47. The van der Waals surface area contributed by atoms with Crippen LogP contribution in [0, 0.1) is 34.6 Å². The lowest BCUT2D eigenvalue weighted by molar-refractivity contribution is 0.856. The van der Waals surface area contributed by atoms with E-state index in [4.69, 9.17) is 5.73 Å². The van der Waals surface area contributed by atoms with Crippen LogP contribution < -0.4 is 5.73 Å². The third-order valence-corrected chi connectivity index (χ3v) is 6.76. The molecular weight excluding hydrogens is 274 g/mol. The number of nitrogens with two attached hydrogens (primary N) is 1. The molecule has 0 saturated carbocycles. The minimum Gasteiger partial charge on any atom is -0.320 e. The molecule has 1 aliphatic carbocycles. The first-order valence-electron chi connectivity index (χ1n) is 7.85. The molecule has 2 heteroatoms. The molecule has 1 aromatic heterocycles. The Kier molecular flexibility index (Phi) is 3.71. The topological polar surface area (TPSA) is 26.0 Å². The molecule has 2 aromatic rings. The van der Waals surface area contributed by atoms with Gasteiger partial charge in [0.05, 0.1) is 6.04 Å². The van der Waals surface area contributed by atoms with Crippen LogP contribution in [0.15, 0.2) is 6.07 Å². The highest BCUT2D eigenvalue weighted by molar-refractivity contribution is 7.12. The quantitative estimate of drug-likeness (QED) is 0.844. The Labute approximate surface area is 132 Å². The second kappa shape index (κ2) is 5.26. The number of fused-ring (bicyclic) bond motifs is 1. The highest BCUT2D eigenvalue weighted by Crippen LogP contribution is 2.38. The lowest BCUT2D eigenvalue weighted by Gasteiger charge is -2.22. The van der Waals surface area contributed by atoms with Crippen LogP contribution in [-0.4, -0.2) is 0 Å². The Hall–Kier alpha value is -1.12. The molecule has 0 spiro atoms. The van der Waals surface area contributed by atoms with Crippen LogP contribution >= 0.6 is 11.3 Å². The molecule has 1 nitrogen and oxygen atoms in total. The van der Waals surface area contributed by atoms with Gasteiger partial charge in [0, 0.05) is 9.75 Å². The molecule has 1 atom stereocenters. The fraction of sp³-hybridized carbons (Fsp3) is 0.474. The maximum absolute atomic E-state index is 6.68. The number of rotatable bonds is 2. The van der Waals surface area contributed by atoms with Crippen LogP contribution in [0.25, 0.3) is 0 Å². The maximum atomic E-state index is 6.68. The van der Waals surface area contributed by atoms with E-state index in [1.165, 1.54) is 57.5 Å². The molecule has 1 aromatic carbocycles. The van der Waals surface area contributed by atoms with Crippen molar-refractivity contribution in [1.29, 1.82) is 0 Å². The monoisotopic (exact) mass is 299 g/mol. The summed E-state index contributed by atoms with van der Waals surface area (Å²) in [6, 6.07) is 2.39. The number of aryl methyl sites for hydroxylation is 2. The largest absolute Gasteiger partial charge is 0.320 e. The molecule has 21 heavy (non-hydrogen) atoms. The van der Waals surface area contributed by atoms with Crippen molar-refractivity contribution in [2.45, 2.75) is 59.9 Å². The third kappa shape index (κ3) is 2.25. The highest BCUT2D eigenvalue weighted by Gasteiger charge is 2.23. The van der Waals surface area contributed by atoms with Gasteiger partial charge in [-0.1, -0.05) is 0 Å². The molecule has 112 valence electrons. The fourth-order valence-corrected chi connectivity index (χ4v) is 4.91. The summed E-state index contributed by atoms with van der Waals surface area (Å²) in [4.78, 5) is 2.91. The molecule has 1 aliphatic rings. The zero-order chi connectivity index (χ0) is 15.3. The van der Waals surface area contributed by atoms with Gasteiger partial charge >= 0.3 is 0 Å². The number of thiophene rings is 1. The average Bonchev–Trinajstić information content (AvgIpc) is 3.04. The molecule has 2 N–H and O–H groups in total. The molecule has 0 fully saturated rings. The Balaban J connectivity index is 2.11. The third-order valence-electron chi connectivity index (χ3n) is 5.44. The normalized spacial score (nSPS) is 15.3. The van der Waals surface area contributed by atoms with E-state index >= 15 is 0 Å². The van der Waals surface area contributed by atoms with Gasteiger partial charge in [-0.2, -0.15) is 0 Å². The summed E-state index contributed by atoms with van der Waals surface area (Å²) in [7, 11) is 0. The first-order chi connectivity index (χ1) is 9.91. The summed E-state index contributed by atoms with van der Waals surface area (Å²) in [5.41, 5.74) is 16.5. The zero-order valence-electron chi connectivity index (χ0n) is 13.8. The van der Waals surface area contributed by atoms with Gasteiger partial charge in [0.25, 0.3) is 0 Å². The molecule has 0 bridgehead atoms. The first kappa shape index (κ1) is 14.8. The number of hydrogen-bond acceptors (Lipinski definition) is 2. The number of benzene rings is 1. The first-order valence-corrected chi connectivity index (χ1v) is 8.67. The predicted molar refractivity (Wildman–Crippen MR) is 92.5 cm³/mol. The summed E-state index contributed by atoms with van der Waals surface area (Å²) >= 11 is 1.93. The minimum atomic E-state index is 0.0265. The van der Waals surface area contributed by atoms with Gasteiger partial charge < -0.3 is 5.73 Å². The van der Waals surface area contributed by atoms with E-state index in [0.717, 1.165) is 0 Å². The van der Waals surface area contributed by atoms with Crippen LogP contribution in [0.5, 0.6) is 0 Å². The van der Waals surface area contributed by atoms with Crippen molar-refractivity contribution in [2.75, 3.05) is 0 Å². The standard InChI is InChI=1S/C19H25NS/c1-10-11(2)13(4)18(14(5)12(10)3)19(20)17-9-15-7-6-8-16(15)21-17/h9,19H,6-8,20H2,1-5H3. The molecule has 0 radical (unpaired) electrons. The van der Waals surface area contributed by atoms with Gasteiger partial charge in [-0.25, -0.2) is 0 Å². The lowest BCUT2D eigenvalue weighted by Crippen LogP contribution is -2.16. The second-order valence-corrected chi connectivity index (χ2v) is 7.64. The molecule has 0 amide bonds. The van der Waals surface area contributed by atoms with Crippen LogP contribution in [0.1, 0.15) is 61.2 Å². The molecule has 1 unspecified atom stereocenters. The van der Waals surface area contributed by atoms with Crippen molar-refractivity contribution in [3.8, 4) is 0 Å². The van der Waals surface area contributed by atoms with E-state index in [2.05, 4.69) is 40.7 Å². The smallest absolute Gasteiger partial charge is 0.0651 e. The van der Waals surface area contributed by atoms with E-state index in [9.17, 15) is 0 Å². The summed E-state index contributed by atoms with van der Waals surface area (Å²) in [6.07, 6.45) is 3.80. The van der Waals surface area contributed by atoms with Crippen LogP contribution in [0.2, 0.25) is 0 Å². The zero-order valence-corrected chi connectivity index (χ0v) is 14.6. The van der Waals surface area contributed by atoms with Crippen molar-refractivity contribution >= 4 is 11.3 Å². The predicted octanol–water partition coefficient (Wildman–Crippen LogP) is 4.83. The Morgan fingerprint density at radius 1 is 0.905 bits per heavy atom. The Morgan fingerprint density at radius 3 is 2.05 bits per heavy atom. The van der Waals surface area contributed by atoms with Crippen molar-refractivity contribution in [3.05, 3.63) is 54.8 Å². The van der Waals surface area contributed by atoms with E-state index in [0.29, 0.717) is 0 Å². The summed E-state index contributed by atoms with van der Waals surface area (Å²) in [5.74, 6) is 0. The molecular formula is C19H25NS. The van der Waals surface area contributed by atoms with Gasteiger partial charge in [0.1, 0.15) is 0 Å². The maximum Gasteiger partial charge on any atom is 0.0651 e. The lowest BCUT2D eigenvalue weighted by atomic mass is 9.86. The SMILES string of the molecule is Cc1c(C)c(C)c(C(N)c2cc3c(s2)CCC3)c(C)c1C. The summed E-state index contributed by atoms with van der Waals surface area (Å²) in [5, 5.41) is 0. The Morgan fingerprint density at radius 2 is 1.48 bits per heavy atom. The highest BCUT2D eigenvalue weighted by atomic mass is 32.1. The average molecular weight is 299 g/mol. The molecule has 0 aliphatic heterocycles.